The van der Waals surface area contributed by atoms with Gasteiger partial charge in [-0.15, -0.1) is 0 Å². The summed E-state index contributed by atoms with van der Waals surface area (Å²) in [5, 5.41) is 12.2. The van der Waals surface area contributed by atoms with Gasteiger partial charge in [0.15, 0.2) is 0 Å². The Morgan fingerprint density at radius 1 is 1.31 bits per heavy atom. The first-order chi connectivity index (χ1) is 7.45. The zero-order chi connectivity index (χ0) is 12.4. The van der Waals surface area contributed by atoms with Crippen molar-refractivity contribution >= 4 is 0 Å². The molecule has 0 rings (SSSR count). The summed E-state index contributed by atoms with van der Waals surface area (Å²) in [5.41, 5.74) is 0. The molecule has 0 aromatic heterocycles. The Hall–Kier alpha value is -0.330. The second-order valence-electron chi connectivity index (χ2n) is 3.59. The fraction of sp³-hybridized carbons (Fsp3) is 1.00. The Bertz CT molecular complexity index is 165. The maximum absolute atomic E-state index is 11.8. The largest absolute Gasteiger partial charge is 0.389 e. The quantitative estimate of drug-likeness (QED) is 0.606. The molecule has 0 saturated heterocycles. The van der Waals surface area contributed by atoms with Gasteiger partial charge in [0.2, 0.25) is 0 Å². The molecule has 0 radical (unpaired) electrons. The zero-order valence-corrected chi connectivity index (χ0v) is 9.52. The number of aliphatic hydroxyl groups excluding tert-OH is 1. The molecule has 0 amide bonds. The third kappa shape index (κ3) is 11.7. The predicted molar refractivity (Wildman–Crippen MR) is 55.3 cm³/mol. The van der Waals surface area contributed by atoms with Crippen LogP contribution < -0.4 is 5.32 Å². The molecule has 0 aliphatic heterocycles. The van der Waals surface area contributed by atoms with Crippen LogP contribution in [-0.2, 0) is 4.74 Å². The molecule has 6 heteroatoms. The number of nitrogens with one attached hydrogen (secondary N) is 1. The van der Waals surface area contributed by atoms with E-state index < -0.39 is 18.7 Å². The molecule has 0 aliphatic rings. The summed E-state index contributed by atoms with van der Waals surface area (Å²) < 4.78 is 40.2. The van der Waals surface area contributed by atoms with Crippen molar-refractivity contribution in [1.82, 2.24) is 5.32 Å². The topological polar surface area (TPSA) is 41.5 Å². The summed E-state index contributed by atoms with van der Waals surface area (Å²) in [6.45, 7) is 3.47. The molecule has 0 spiro atoms. The van der Waals surface area contributed by atoms with Gasteiger partial charge in [-0.3, -0.25) is 0 Å². The van der Waals surface area contributed by atoms with Crippen LogP contribution in [-0.4, -0.2) is 43.7 Å². The Balaban J connectivity index is 3.20. The third-order valence-electron chi connectivity index (χ3n) is 1.96. The molecule has 2 N–H and O–H groups in total. The standard InChI is InChI=1S/C10H20F3NO2/c1-2-16-8-9(15)7-14-6-4-3-5-10(11,12)13/h9,14-15H,2-8H2,1H3. The fourth-order valence-electron chi connectivity index (χ4n) is 1.16. The normalized spacial score (nSPS) is 14.1. The van der Waals surface area contributed by atoms with Crippen LogP contribution in [0.1, 0.15) is 26.2 Å². The summed E-state index contributed by atoms with van der Waals surface area (Å²) >= 11 is 0. The first-order valence-corrected chi connectivity index (χ1v) is 5.49. The zero-order valence-electron chi connectivity index (χ0n) is 9.52. The van der Waals surface area contributed by atoms with Gasteiger partial charge in [-0.1, -0.05) is 0 Å². The molecule has 0 aromatic rings. The van der Waals surface area contributed by atoms with Crippen LogP contribution in [0.2, 0.25) is 0 Å². The van der Waals surface area contributed by atoms with Crippen LogP contribution in [0.15, 0.2) is 0 Å². The van der Waals surface area contributed by atoms with Crippen molar-refractivity contribution in [1.29, 1.82) is 0 Å². The third-order valence-corrected chi connectivity index (χ3v) is 1.96. The second kappa shape index (κ2) is 8.78. The summed E-state index contributed by atoms with van der Waals surface area (Å²) in [6.07, 6.45) is -4.81. The van der Waals surface area contributed by atoms with Crippen LogP contribution in [0.5, 0.6) is 0 Å². The number of alkyl halides is 3. The first kappa shape index (κ1) is 15.7. The summed E-state index contributed by atoms with van der Waals surface area (Å²) in [5.74, 6) is 0. The van der Waals surface area contributed by atoms with Gasteiger partial charge in [-0.05, 0) is 26.3 Å². The fourth-order valence-corrected chi connectivity index (χ4v) is 1.16. The average molecular weight is 243 g/mol. The molecule has 0 fully saturated rings. The van der Waals surface area contributed by atoms with E-state index in [9.17, 15) is 18.3 Å². The van der Waals surface area contributed by atoms with E-state index in [1.807, 2.05) is 6.92 Å². The van der Waals surface area contributed by atoms with Gasteiger partial charge in [0.1, 0.15) is 0 Å². The van der Waals surface area contributed by atoms with Crippen LogP contribution in [0.25, 0.3) is 0 Å². The number of aliphatic hydroxyl groups is 1. The van der Waals surface area contributed by atoms with E-state index >= 15 is 0 Å². The highest BCUT2D eigenvalue weighted by molar-refractivity contribution is 4.59. The highest BCUT2D eigenvalue weighted by Gasteiger charge is 2.25. The molecule has 98 valence electrons. The highest BCUT2D eigenvalue weighted by atomic mass is 19.4. The maximum atomic E-state index is 11.8. The average Bonchev–Trinajstić information content (AvgIpc) is 2.18. The van der Waals surface area contributed by atoms with Crippen LogP contribution >= 0.6 is 0 Å². The lowest BCUT2D eigenvalue weighted by molar-refractivity contribution is -0.135. The van der Waals surface area contributed by atoms with Crippen LogP contribution in [0.4, 0.5) is 13.2 Å². The lowest BCUT2D eigenvalue weighted by Gasteiger charge is -2.11. The molecule has 0 bridgehead atoms. The molecule has 1 atom stereocenters. The monoisotopic (exact) mass is 243 g/mol. The van der Waals surface area contributed by atoms with Crippen LogP contribution in [0, 0.1) is 0 Å². The van der Waals surface area contributed by atoms with Gasteiger partial charge in [0, 0.05) is 19.6 Å². The molecule has 3 nitrogen and oxygen atoms in total. The minimum atomic E-state index is -4.06. The van der Waals surface area contributed by atoms with Crippen molar-refractivity contribution in [2.75, 3.05) is 26.3 Å². The SMILES string of the molecule is CCOCC(O)CNCCCCC(F)(F)F. The van der Waals surface area contributed by atoms with Gasteiger partial charge in [-0.2, -0.15) is 13.2 Å². The lowest BCUT2D eigenvalue weighted by Crippen LogP contribution is -2.31. The summed E-state index contributed by atoms with van der Waals surface area (Å²) in [4.78, 5) is 0. The number of rotatable bonds is 9. The highest BCUT2D eigenvalue weighted by Crippen LogP contribution is 2.21. The number of ether oxygens (including phenoxy) is 1. The van der Waals surface area contributed by atoms with E-state index in [4.69, 9.17) is 4.74 Å². The Morgan fingerprint density at radius 3 is 2.56 bits per heavy atom. The Labute approximate surface area is 94.0 Å². The molecule has 0 saturated carbocycles. The van der Waals surface area contributed by atoms with Gasteiger partial charge in [-0.25, -0.2) is 0 Å². The molecular weight excluding hydrogens is 223 g/mol. The van der Waals surface area contributed by atoms with Gasteiger partial charge in [0.05, 0.1) is 12.7 Å². The number of hydrogen-bond acceptors (Lipinski definition) is 3. The molecular formula is C10H20F3NO2. The molecule has 0 aliphatic carbocycles. The minimum Gasteiger partial charge on any atom is -0.389 e. The van der Waals surface area contributed by atoms with Crippen molar-refractivity contribution < 1.29 is 23.0 Å². The van der Waals surface area contributed by atoms with E-state index in [1.54, 1.807) is 0 Å². The maximum Gasteiger partial charge on any atom is 0.389 e. The minimum absolute atomic E-state index is 0.123. The Kier molecular flexibility index (Phi) is 8.60. The van der Waals surface area contributed by atoms with Crippen LogP contribution in [0.3, 0.4) is 0 Å². The van der Waals surface area contributed by atoms with E-state index in [0.29, 0.717) is 26.1 Å². The van der Waals surface area contributed by atoms with Crippen molar-refractivity contribution in [3.8, 4) is 0 Å². The van der Waals surface area contributed by atoms with Crippen molar-refractivity contribution in [3.05, 3.63) is 0 Å². The van der Waals surface area contributed by atoms with Gasteiger partial charge >= 0.3 is 6.18 Å². The summed E-state index contributed by atoms with van der Waals surface area (Å²) in [6, 6.07) is 0. The van der Waals surface area contributed by atoms with Crippen molar-refractivity contribution in [3.63, 3.8) is 0 Å². The number of hydrogen-bond donors (Lipinski definition) is 2. The first-order valence-electron chi connectivity index (χ1n) is 5.49. The van der Waals surface area contributed by atoms with Gasteiger partial charge < -0.3 is 15.2 Å². The van der Waals surface area contributed by atoms with E-state index in [-0.39, 0.29) is 13.0 Å². The Morgan fingerprint density at radius 2 is 2.00 bits per heavy atom. The van der Waals surface area contributed by atoms with E-state index in [2.05, 4.69) is 5.32 Å². The predicted octanol–water partition coefficient (Wildman–Crippen LogP) is 1.71. The van der Waals surface area contributed by atoms with E-state index in [0.717, 1.165) is 0 Å². The molecule has 0 aromatic carbocycles. The number of halogens is 3. The molecule has 1 unspecified atom stereocenters. The lowest BCUT2D eigenvalue weighted by atomic mass is 10.2. The smallest absolute Gasteiger partial charge is 0.389 e. The van der Waals surface area contributed by atoms with Crippen molar-refractivity contribution in [2.24, 2.45) is 0 Å². The van der Waals surface area contributed by atoms with E-state index in [1.165, 1.54) is 0 Å². The van der Waals surface area contributed by atoms with Gasteiger partial charge in [0.25, 0.3) is 0 Å². The summed E-state index contributed by atoms with van der Waals surface area (Å²) in [7, 11) is 0. The molecule has 16 heavy (non-hydrogen) atoms. The van der Waals surface area contributed by atoms with Crippen molar-refractivity contribution in [2.45, 2.75) is 38.5 Å². The second-order valence-corrected chi connectivity index (χ2v) is 3.59. The molecule has 0 heterocycles. The number of unbranched alkanes of at least 4 members (excludes halogenated alkanes) is 1.